The average Bonchev–Trinajstić information content (AvgIpc) is 2.69. The van der Waals surface area contributed by atoms with Crippen molar-refractivity contribution < 1.29 is 19.4 Å². The Kier molecular flexibility index (Phi) is 6.20. The topological polar surface area (TPSA) is 71.9 Å². The zero-order valence-corrected chi connectivity index (χ0v) is 14.9. The van der Waals surface area contributed by atoms with Crippen molar-refractivity contribution in [3.05, 3.63) is 48.3 Å². The molecule has 1 unspecified atom stereocenters. The second-order valence-corrected chi connectivity index (χ2v) is 6.36. The maximum Gasteiger partial charge on any atom is 0.312 e. The van der Waals surface area contributed by atoms with Gasteiger partial charge in [-0.2, -0.15) is 0 Å². The fourth-order valence-corrected chi connectivity index (χ4v) is 2.82. The molecule has 1 aliphatic heterocycles. The van der Waals surface area contributed by atoms with Crippen molar-refractivity contribution in [1.82, 2.24) is 9.88 Å². The van der Waals surface area contributed by atoms with Crippen LogP contribution in [0.5, 0.6) is 5.75 Å². The van der Waals surface area contributed by atoms with E-state index >= 15 is 0 Å². The molecule has 1 N–H and O–H groups in total. The number of rotatable bonds is 7. The first-order valence-electron chi connectivity index (χ1n) is 8.85. The summed E-state index contributed by atoms with van der Waals surface area (Å²) in [7, 11) is 0. The number of carboxylic acids is 1. The summed E-state index contributed by atoms with van der Waals surface area (Å²) < 4.78 is 11.1. The maximum atomic E-state index is 11.0. The monoisotopic (exact) mass is 356 g/mol. The van der Waals surface area contributed by atoms with Crippen LogP contribution in [-0.2, 0) is 9.53 Å². The van der Waals surface area contributed by atoms with Crippen LogP contribution in [0.3, 0.4) is 0 Å². The Balaban J connectivity index is 1.54. The van der Waals surface area contributed by atoms with E-state index < -0.39 is 11.9 Å². The van der Waals surface area contributed by atoms with Gasteiger partial charge in [0.25, 0.3) is 0 Å². The lowest BCUT2D eigenvalue weighted by Gasteiger charge is -2.26. The molecular weight excluding hydrogens is 332 g/mol. The van der Waals surface area contributed by atoms with E-state index in [-0.39, 0.29) is 0 Å². The molecule has 6 nitrogen and oxygen atoms in total. The summed E-state index contributed by atoms with van der Waals surface area (Å²) in [5.41, 5.74) is 2.53. The Morgan fingerprint density at radius 2 is 1.88 bits per heavy atom. The standard InChI is InChI=1S/C20H24N2O4/c1-15(20(23)24)19-7-4-17(14-21-19)16-2-5-18(6-3-16)26-13-10-22-8-11-25-12-9-22/h2-7,14-15H,8-13H2,1H3,(H,23,24). The lowest BCUT2D eigenvalue weighted by atomic mass is 10.0. The van der Waals surface area contributed by atoms with Crippen LogP contribution in [0.25, 0.3) is 11.1 Å². The first-order valence-corrected chi connectivity index (χ1v) is 8.85. The van der Waals surface area contributed by atoms with Crippen LogP contribution < -0.4 is 4.74 Å². The molecule has 2 aromatic rings. The van der Waals surface area contributed by atoms with Gasteiger partial charge in [-0.3, -0.25) is 14.7 Å². The highest BCUT2D eigenvalue weighted by molar-refractivity contribution is 5.75. The zero-order valence-electron chi connectivity index (χ0n) is 14.9. The van der Waals surface area contributed by atoms with Crippen LogP contribution in [0, 0.1) is 0 Å². The van der Waals surface area contributed by atoms with E-state index in [0.717, 1.165) is 49.7 Å². The van der Waals surface area contributed by atoms with E-state index in [1.54, 1.807) is 19.2 Å². The summed E-state index contributed by atoms with van der Waals surface area (Å²) >= 11 is 0. The molecule has 3 rings (SSSR count). The highest BCUT2D eigenvalue weighted by atomic mass is 16.5. The van der Waals surface area contributed by atoms with E-state index in [9.17, 15) is 4.79 Å². The molecule has 26 heavy (non-hydrogen) atoms. The van der Waals surface area contributed by atoms with Crippen molar-refractivity contribution in [2.45, 2.75) is 12.8 Å². The fraction of sp³-hybridized carbons (Fsp3) is 0.400. The first kappa shape index (κ1) is 18.4. The lowest BCUT2D eigenvalue weighted by Crippen LogP contribution is -2.38. The Labute approximate surface area is 153 Å². The van der Waals surface area contributed by atoms with Crippen LogP contribution >= 0.6 is 0 Å². The molecule has 0 aliphatic carbocycles. The van der Waals surface area contributed by atoms with Gasteiger partial charge < -0.3 is 14.6 Å². The number of aromatic nitrogens is 1. The predicted molar refractivity (Wildman–Crippen MR) is 98.5 cm³/mol. The summed E-state index contributed by atoms with van der Waals surface area (Å²) in [5, 5.41) is 9.04. The minimum Gasteiger partial charge on any atom is -0.492 e. The highest BCUT2D eigenvalue weighted by Gasteiger charge is 2.15. The largest absolute Gasteiger partial charge is 0.492 e. The van der Waals surface area contributed by atoms with Crippen molar-refractivity contribution in [2.24, 2.45) is 0 Å². The first-order chi connectivity index (χ1) is 12.6. The van der Waals surface area contributed by atoms with E-state index in [1.165, 1.54) is 0 Å². The van der Waals surface area contributed by atoms with Gasteiger partial charge in [0.1, 0.15) is 12.4 Å². The SMILES string of the molecule is CC(C(=O)O)c1ccc(-c2ccc(OCCN3CCOCC3)cc2)cn1. The van der Waals surface area contributed by atoms with Gasteiger partial charge in [-0.05, 0) is 30.7 Å². The Morgan fingerprint density at radius 3 is 2.50 bits per heavy atom. The third-order valence-corrected chi connectivity index (χ3v) is 4.57. The normalized spacial score (nSPS) is 16.2. The summed E-state index contributed by atoms with van der Waals surface area (Å²) in [6.07, 6.45) is 1.71. The van der Waals surface area contributed by atoms with Crippen molar-refractivity contribution in [1.29, 1.82) is 0 Å². The third kappa shape index (κ3) is 4.80. The molecule has 1 saturated heterocycles. The zero-order chi connectivity index (χ0) is 18.4. The van der Waals surface area contributed by atoms with Gasteiger partial charge in [0, 0.05) is 31.4 Å². The molecule has 1 aromatic heterocycles. The van der Waals surface area contributed by atoms with Crippen molar-refractivity contribution in [3.8, 4) is 16.9 Å². The Bertz CT molecular complexity index is 710. The van der Waals surface area contributed by atoms with Gasteiger partial charge in [0.05, 0.1) is 24.8 Å². The number of morpholine rings is 1. The molecule has 138 valence electrons. The number of ether oxygens (including phenoxy) is 2. The fourth-order valence-electron chi connectivity index (χ4n) is 2.82. The molecule has 0 bridgehead atoms. The smallest absolute Gasteiger partial charge is 0.312 e. The number of hydrogen-bond donors (Lipinski definition) is 1. The second kappa shape index (κ2) is 8.78. The predicted octanol–water partition coefficient (Wildman–Crippen LogP) is 2.65. The summed E-state index contributed by atoms with van der Waals surface area (Å²) in [4.78, 5) is 17.6. The summed E-state index contributed by atoms with van der Waals surface area (Å²) in [5.74, 6) is -0.638. The van der Waals surface area contributed by atoms with Gasteiger partial charge in [0.2, 0.25) is 0 Å². The van der Waals surface area contributed by atoms with Crippen molar-refractivity contribution >= 4 is 5.97 Å². The number of carboxylic acid groups (broad SMARTS) is 1. The molecule has 0 spiro atoms. The Hall–Kier alpha value is -2.44. The number of aliphatic carboxylic acids is 1. The minimum absolute atomic E-state index is 0.560. The maximum absolute atomic E-state index is 11.0. The third-order valence-electron chi connectivity index (χ3n) is 4.57. The van der Waals surface area contributed by atoms with Crippen LogP contribution in [-0.4, -0.2) is 60.4 Å². The van der Waals surface area contributed by atoms with Gasteiger partial charge in [-0.1, -0.05) is 18.2 Å². The second-order valence-electron chi connectivity index (χ2n) is 6.36. The van der Waals surface area contributed by atoms with Crippen molar-refractivity contribution in [3.63, 3.8) is 0 Å². The molecule has 1 aliphatic rings. The Morgan fingerprint density at radius 1 is 1.19 bits per heavy atom. The van der Waals surface area contributed by atoms with E-state index in [0.29, 0.717) is 12.3 Å². The van der Waals surface area contributed by atoms with Crippen LogP contribution in [0.2, 0.25) is 0 Å². The highest BCUT2D eigenvalue weighted by Crippen LogP contribution is 2.23. The molecular formula is C20H24N2O4. The lowest BCUT2D eigenvalue weighted by molar-refractivity contribution is -0.138. The molecule has 1 atom stereocenters. The summed E-state index contributed by atoms with van der Waals surface area (Å²) in [6.45, 7) is 6.71. The molecule has 1 fully saturated rings. The summed E-state index contributed by atoms with van der Waals surface area (Å²) in [6, 6.07) is 11.5. The van der Waals surface area contributed by atoms with Gasteiger partial charge in [-0.25, -0.2) is 0 Å². The average molecular weight is 356 g/mol. The molecule has 0 amide bonds. The number of pyridine rings is 1. The molecule has 2 heterocycles. The van der Waals surface area contributed by atoms with Crippen LogP contribution in [0.1, 0.15) is 18.5 Å². The van der Waals surface area contributed by atoms with Crippen molar-refractivity contribution in [2.75, 3.05) is 39.5 Å². The van der Waals surface area contributed by atoms with Crippen LogP contribution in [0.15, 0.2) is 42.6 Å². The van der Waals surface area contributed by atoms with Crippen LogP contribution in [0.4, 0.5) is 0 Å². The van der Waals surface area contributed by atoms with E-state index in [2.05, 4.69) is 9.88 Å². The number of hydrogen-bond acceptors (Lipinski definition) is 5. The molecule has 0 saturated carbocycles. The number of nitrogens with zero attached hydrogens (tertiary/aromatic N) is 2. The minimum atomic E-state index is -0.871. The number of benzene rings is 1. The van der Waals surface area contributed by atoms with E-state index in [4.69, 9.17) is 14.6 Å². The molecule has 0 radical (unpaired) electrons. The van der Waals surface area contributed by atoms with E-state index in [1.807, 2.05) is 30.3 Å². The van der Waals surface area contributed by atoms with Gasteiger partial charge in [0.15, 0.2) is 0 Å². The van der Waals surface area contributed by atoms with Gasteiger partial charge >= 0.3 is 5.97 Å². The quantitative estimate of drug-likeness (QED) is 0.822. The van der Waals surface area contributed by atoms with Gasteiger partial charge in [-0.15, -0.1) is 0 Å². The molecule has 1 aromatic carbocycles. The molecule has 6 heteroatoms. The number of carbonyl (C=O) groups is 1.